The molecule has 1 rings (SSSR count). The molecule has 0 aliphatic rings. The van der Waals surface area contributed by atoms with Crippen molar-refractivity contribution in [1.82, 2.24) is 5.32 Å². The van der Waals surface area contributed by atoms with Gasteiger partial charge in [-0.1, -0.05) is 19.9 Å². The van der Waals surface area contributed by atoms with Crippen molar-refractivity contribution >= 4 is 23.3 Å². The number of carbonyl (C=O) groups excluding carboxylic acids is 1. The minimum absolute atomic E-state index is 0.0893. The van der Waals surface area contributed by atoms with Crippen molar-refractivity contribution in [3.63, 3.8) is 0 Å². The van der Waals surface area contributed by atoms with Gasteiger partial charge in [-0.05, 0) is 37.0 Å². The second-order valence-corrected chi connectivity index (χ2v) is 5.90. The highest BCUT2D eigenvalue weighted by molar-refractivity contribution is 5.99. The monoisotopic (exact) mass is 330 g/mol. The molecule has 1 amide bonds. The molecule has 0 aliphatic carbocycles. The van der Waals surface area contributed by atoms with Crippen molar-refractivity contribution in [2.75, 3.05) is 11.1 Å². The molecular formula is C17H22N4O3. The molecule has 0 saturated carbocycles. The van der Waals surface area contributed by atoms with E-state index in [1.165, 1.54) is 6.20 Å². The zero-order chi connectivity index (χ0) is 18.3. The number of nitriles is 1. The fourth-order valence-electron chi connectivity index (χ4n) is 2.04. The predicted molar refractivity (Wildman–Crippen MR) is 91.9 cm³/mol. The first-order valence-corrected chi connectivity index (χ1v) is 7.51. The number of nitrogens with two attached hydrogens (primary N) is 1. The van der Waals surface area contributed by atoms with E-state index in [-0.39, 0.29) is 17.9 Å². The van der Waals surface area contributed by atoms with Crippen LogP contribution in [0.2, 0.25) is 0 Å². The van der Waals surface area contributed by atoms with Gasteiger partial charge in [0.1, 0.15) is 17.7 Å². The Bertz CT molecular complexity index is 690. The van der Waals surface area contributed by atoms with Crippen molar-refractivity contribution in [3.05, 3.63) is 35.5 Å². The van der Waals surface area contributed by atoms with Crippen LogP contribution in [0.3, 0.4) is 0 Å². The van der Waals surface area contributed by atoms with E-state index in [9.17, 15) is 9.59 Å². The molecule has 0 aromatic heterocycles. The number of hydrogen-bond acceptors (Lipinski definition) is 5. The standard InChI is InChI=1S/C17H22N4O3/c1-10(2)6-15(17(23)24)21-16(22)12(8-18)9-20-14-5-4-11(3)7-13(14)19/h4-5,7,9-10,15,20H,6,19H2,1-3H3,(H,21,22)(H,23,24)/b12-9-. The molecule has 0 heterocycles. The van der Waals surface area contributed by atoms with Crippen LogP contribution in [0.25, 0.3) is 0 Å². The molecule has 7 nitrogen and oxygen atoms in total. The zero-order valence-corrected chi connectivity index (χ0v) is 14.0. The number of hydrogen-bond donors (Lipinski definition) is 4. The van der Waals surface area contributed by atoms with Crippen molar-refractivity contribution in [3.8, 4) is 6.07 Å². The van der Waals surface area contributed by atoms with E-state index in [1.807, 2.05) is 26.8 Å². The van der Waals surface area contributed by atoms with E-state index in [0.717, 1.165) is 5.56 Å². The highest BCUT2D eigenvalue weighted by Gasteiger charge is 2.22. The molecule has 128 valence electrons. The van der Waals surface area contributed by atoms with Crippen molar-refractivity contribution in [2.45, 2.75) is 33.2 Å². The highest BCUT2D eigenvalue weighted by atomic mass is 16.4. The summed E-state index contributed by atoms with van der Waals surface area (Å²) >= 11 is 0. The van der Waals surface area contributed by atoms with Gasteiger partial charge in [-0.15, -0.1) is 0 Å². The van der Waals surface area contributed by atoms with E-state index in [2.05, 4.69) is 10.6 Å². The van der Waals surface area contributed by atoms with E-state index in [1.54, 1.807) is 18.2 Å². The average Bonchev–Trinajstić information content (AvgIpc) is 2.48. The Hall–Kier alpha value is -3.01. The third kappa shape index (κ3) is 5.65. The summed E-state index contributed by atoms with van der Waals surface area (Å²) in [6, 6.07) is 6.03. The number of anilines is 2. The number of aliphatic carboxylic acids is 1. The number of nitrogen functional groups attached to an aromatic ring is 1. The molecule has 24 heavy (non-hydrogen) atoms. The van der Waals surface area contributed by atoms with Gasteiger partial charge in [0.15, 0.2) is 0 Å². The molecule has 1 atom stereocenters. The lowest BCUT2D eigenvalue weighted by Gasteiger charge is -2.16. The van der Waals surface area contributed by atoms with Gasteiger partial charge in [-0.25, -0.2) is 4.79 Å². The first-order valence-electron chi connectivity index (χ1n) is 7.51. The topological polar surface area (TPSA) is 128 Å². The van der Waals surface area contributed by atoms with Gasteiger partial charge >= 0.3 is 5.97 Å². The molecule has 0 fully saturated rings. The molecule has 0 saturated heterocycles. The summed E-state index contributed by atoms with van der Waals surface area (Å²) in [6.07, 6.45) is 1.49. The fourth-order valence-corrected chi connectivity index (χ4v) is 2.04. The lowest BCUT2D eigenvalue weighted by atomic mass is 10.0. The molecular weight excluding hydrogens is 308 g/mol. The summed E-state index contributed by atoms with van der Waals surface area (Å²) in [6.45, 7) is 5.60. The Morgan fingerprint density at radius 3 is 2.58 bits per heavy atom. The Morgan fingerprint density at radius 1 is 1.42 bits per heavy atom. The van der Waals surface area contributed by atoms with Gasteiger partial charge in [0, 0.05) is 6.20 Å². The Morgan fingerprint density at radius 2 is 2.08 bits per heavy atom. The summed E-state index contributed by atoms with van der Waals surface area (Å²) in [5.74, 6) is -1.79. The average molecular weight is 330 g/mol. The number of aryl methyl sites for hydroxylation is 1. The van der Waals surface area contributed by atoms with Crippen molar-refractivity contribution < 1.29 is 14.7 Å². The first kappa shape index (κ1) is 19.0. The lowest BCUT2D eigenvalue weighted by Crippen LogP contribution is -2.42. The second kappa shape index (κ2) is 8.58. The molecule has 0 radical (unpaired) electrons. The number of nitrogens with zero attached hydrogens (tertiary/aromatic N) is 1. The van der Waals surface area contributed by atoms with Crippen LogP contribution in [-0.4, -0.2) is 23.0 Å². The van der Waals surface area contributed by atoms with Crippen LogP contribution in [0.4, 0.5) is 11.4 Å². The maximum Gasteiger partial charge on any atom is 0.326 e. The molecule has 0 spiro atoms. The predicted octanol–water partition coefficient (Wildman–Crippen LogP) is 2.01. The number of nitrogens with one attached hydrogen (secondary N) is 2. The smallest absolute Gasteiger partial charge is 0.326 e. The fraction of sp³-hybridized carbons (Fsp3) is 0.353. The number of carbonyl (C=O) groups is 2. The Labute approximate surface area is 141 Å². The van der Waals surface area contributed by atoms with Crippen molar-refractivity contribution in [2.24, 2.45) is 5.92 Å². The van der Waals surface area contributed by atoms with Gasteiger partial charge in [-0.2, -0.15) is 5.26 Å². The summed E-state index contributed by atoms with van der Waals surface area (Å²) in [7, 11) is 0. The maximum absolute atomic E-state index is 12.1. The summed E-state index contributed by atoms with van der Waals surface area (Å²) in [5, 5.41) is 23.4. The van der Waals surface area contributed by atoms with E-state index < -0.39 is 17.9 Å². The number of carboxylic acid groups (broad SMARTS) is 1. The Balaban J connectivity index is 2.85. The minimum Gasteiger partial charge on any atom is -0.480 e. The number of carboxylic acids is 1. The largest absolute Gasteiger partial charge is 0.480 e. The molecule has 0 aliphatic heterocycles. The van der Waals surface area contributed by atoms with Crippen molar-refractivity contribution in [1.29, 1.82) is 5.26 Å². The number of rotatable bonds is 7. The minimum atomic E-state index is -1.13. The molecule has 0 bridgehead atoms. The molecule has 1 unspecified atom stereocenters. The summed E-state index contributed by atoms with van der Waals surface area (Å²) in [4.78, 5) is 23.3. The third-order valence-electron chi connectivity index (χ3n) is 3.25. The number of benzene rings is 1. The molecule has 7 heteroatoms. The van der Waals surface area contributed by atoms with Crippen LogP contribution in [-0.2, 0) is 9.59 Å². The first-order chi connectivity index (χ1) is 11.2. The third-order valence-corrected chi connectivity index (χ3v) is 3.25. The molecule has 5 N–H and O–H groups in total. The van der Waals surface area contributed by atoms with Crippen LogP contribution in [0.15, 0.2) is 30.0 Å². The maximum atomic E-state index is 12.1. The van der Waals surface area contributed by atoms with Crippen LogP contribution >= 0.6 is 0 Å². The lowest BCUT2D eigenvalue weighted by molar-refractivity contribution is -0.141. The summed E-state index contributed by atoms with van der Waals surface area (Å²) < 4.78 is 0. The summed E-state index contributed by atoms with van der Waals surface area (Å²) in [5.41, 5.74) is 7.63. The zero-order valence-electron chi connectivity index (χ0n) is 14.0. The van der Waals surface area contributed by atoms with Gasteiger partial charge in [0.2, 0.25) is 0 Å². The van der Waals surface area contributed by atoms with Gasteiger partial charge in [-0.3, -0.25) is 4.79 Å². The molecule has 1 aromatic carbocycles. The van der Waals surface area contributed by atoms with E-state index >= 15 is 0 Å². The van der Waals surface area contributed by atoms with Crippen LogP contribution in [0.5, 0.6) is 0 Å². The quantitative estimate of drug-likeness (QED) is 0.344. The van der Waals surface area contributed by atoms with E-state index in [0.29, 0.717) is 11.4 Å². The number of amides is 1. The van der Waals surface area contributed by atoms with Gasteiger partial charge in [0.05, 0.1) is 11.4 Å². The van der Waals surface area contributed by atoms with E-state index in [4.69, 9.17) is 16.1 Å². The Kier molecular flexibility index (Phi) is 6.80. The van der Waals surface area contributed by atoms with Crippen LogP contribution in [0.1, 0.15) is 25.8 Å². The van der Waals surface area contributed by atoms with Gasteiger partial charge < -0.3 is 21.5 Å². The molecule has 1 aromatic rings. The highest BCUT2D eigenvalue weighted by Crippen LogP contribution is 2.19. The van der Waals surface area contributed by atoms with Crippen LogP contribution < -0.4 is 16.4 Å². The normalized spacial score (nSPS) is 12.4. The second-order valence-electron chi connectivity index (χ2n) is 5.90. The SMILES string of the molecule is Cc1ccc(N/C=C(/C#N)C(=O)NC(CC(C)C)C(=O)O)c(N)c1. The van der Waals surface area contributed by atoms with Crippen LogP contribution in [0, 0.1) is 24.2 Å². The van der Waals surface area contributed by atoms with Gasteiger partial charge in [0.25, 0.3) is 5.91 Å².